The highest BCUT2D eigenvalue weighted by atomic mass is 32.2. The summed E-state index contributed by atoms with van der Waals surface area (Å²) in [7, 11) is 0. The molecule has 0 radical (unpaired) electrons. The van der Waals surface area contributed by atoms with Gasteiger partial charge in [0, 0.05) is 36.3 Å². The van der Waals surface area contributed by atoms with E-state index in [1.165, 1.54) is 33.2 Å². The Morgan fingerprint density at radius 3 is 2.74 bits per heavy atom. The van der Waals surface area contributed by atoms with Crippen LogP contribution in [0.1, 0.15) is 17.5 Å². The number of morpholine rings is 1. The summed E-state index contributed by atoms with van der Waals surface area (Å²) in [6.07, 6.45) is 5.15. The molecule has 158 valence electrons. The average Bonchev–Trinajstić information content (AvgIpc) is 3.45. The van der Waals surface area contributed by atoms with Gasteiger partial charge in [-0.15, -0.1) is 23.1 Å². The fourth-order valence-corrected chi connectivity index (χ4v) is 6.95. The third kappa shape index (κ3) is 3.63. The molecular formula is C24H24N4OS2. The maximum absolute atomic E-state index is 5.46. The minimum absolute atomic E-state index is 0.846. The SMILES string of the molecule is c1ccc(-c2nc3sc4c(SCCN5CCOCC5)ncnc4c3c3c2CCC3)cc1. The predicted molar refractivity (Wildman–Crippen MR) is 128 cm³/mol. The van der Waals surface area contributed by atoms with Gasteiger partial charge in [0.2, 0.25) is 0 Å². The Morgan fingerprint density at radius 2 is 1.87 bits per heavy atom. The number of hydrogen-bond donors (Lipinski definition) is 0. The monoisotopic (exact) mass is 448 g/mol. The van der Waals surface area contributed by atoms with Crippen molar-refractivity contribution < 1.29 is 4.74 Å². The zero-order chi connectivity index (χ0) is 20.6. The van der Waals surface area contributed by atoms with Gasteiger partial charge in [-0.05, 0) is 30.4 Å². The first-order valence-corrected chi connectivity index (χ1v) is 12.8. The van der Waals surface area contributed by atoms with Crippen LogP contribution in [-0.4, -0.2) is 58.5 Å². The number of aryl methyl sites for hydroxylation is 1. The van der Waals surface area contributed by atoms with Gasteiger partial charge in [-0.25, -0.2) is 15.0 Å². The average molecular weight is 449 g/mol. The fraction of sp³-hybridized carbons (Fsp3) is 0.375. The van der Waals surface area contributed by atoms with Gasteiger partial charge in [0.25, 0.3) is 0 Å². The summed E-state index contributed by atoms with van der Waals surface area (Å²) in [5.41, 5.74) is 6.33. The molecule has 3 aromatic heterocycles. The van der Waals surface area contributed by atoms with Gasteiger partial charge in [0.05, 0.1) is 29.1 Å². The van der Waals surface area contributed by atoms with Gasteiger partial charge < -0.3 is 4.74 Å². The highest BCUT2D eigenvalue weighted by molar-refractivity contribution is 7.99. The van der Waals surface area contributed by atoms with E-state index in [-0.39, 0.29) is 0 Å². The van der Waals surface area contributed by atoms with Crippen molar-refractivity contribution in [1.29, 1.82) is 0 Å². The Hall–Kier alpha value is -2.06. The van der Waals surface area contributed by atoms with Crippen LogP contribution in [0.15, 0.2) is 41.7 Å². The lowest BCUT2D eigenvalue weighted by atomic mass is 10.0. The molecule has 5 nitrogen and oxygen atoms in total. The Labute approximate surface area is 189 Å². The van der Waals surface area contributed by atoms with Crippen LogP contribution in [0.25, 0.3) is 31.7 Å². The van der Waals surface area contributed by atoms with Crippen molar-refractivity contribution in [2.24, 2.45) is 0 Å². The summed E-state index contributed by atoms with van der Waals surface area (Å²) < 4.78 is 6.65. The number of nitrogens with zero attached hydrogens (tertiary/aromatic N) is 4. The van der Waals surface area contributed by atoms with E-state index in [1.54, 1.807) is 17.7 Å². The van der Waals surface area contributed by atoms with Crippen molar-refractivity contribution in [3.05, 3.63) is 47.8 Å². The van der Waals surface area contributed by atoms with E-state index in [1.807, 2.05) is 11.8 Å². The van der Waals surface area contributed by atoms with Gasteiger partial charge in [0.15, 0.2) is 0 Å². The molecule has 1 aliphatic heterocycles. The second kappa shape index (κ2) is 8.47. The summed E-state index contributed by atoms with van der Waals surface area (Å²) in [6, 6.07) is 10.6. The fourth-order valence-electron chi connectivity index (χ4n) is 4.71. The van der Waals surface area contributed by atoms with Crippen LogP contribution in [0.3, 0.4) is 0 Å². The minimum atomic E-state index is 0.846. The zero-order valence-electron chi connectivity index (χ0n) is 17.3. The molecule has 0 spiro atoms. The molecule has 1 aliphatic carbocycles. The quantitative estimate of drug-likeness (QED) is 0.322. The van der Waals surface area contributed by atoms with Crippen molar-refractivity contribution in [3.63, 3.8) is 0 Å². The van der Waals surface area contributed by atoms with Crippen LogP contribution in [0, 0.1) is 0 Å². The number of benzene rings is 1. The summed E-state index contributed by atoms with van der Waals surface area (Å²) in [6.45, 7) is 4.82. The molecule has 1 saturated heterocycles. The Kier molecular flexibility index (Phi) is 5.36. The maximum atomic E-state index is 5.46. The number of ether oxygens (including phenoxy) is 1. The summed E-state index contributed by atoms with van der Waals surface area (Å²) >= 11 is 3.60. The first-order valence-electron chi connectivity index (χ1n) is 11.0. The van der Waals surface area contributed by atoms with E-state index in [0.717, 1.165) is 72.5 Å². The molecular weight excluding hydrogens is 424 g/mol. The second-order valence-corrected chi connectivity index (χ2v) is 10.2. The van der Waals surface area contributed by atoms with Crippen molar-refractivity contribution in [2.45, 2.75) is 24.3 Å². The largest absolute Gasteiger partial charge is 0.379 e. The molecule has 0 atom stereocenters. The third-order valence-corrected chi connectivity index (χ3v) is 8.42. The highest BCUT2D eigenvalue weighted by Gasteiger charge is 2.25. The highest BCUT2D eigenvalue weighted by Crippen LogP contribution is 2.43. The second-order valence-electron chi connectivity index (χ2n) is 8.08. The van der Waals surface area contributed by atoms with E-state index >= 15 is 0 Å². The first-order chi connectivity index (χ1) is 15.4. The number of thiophene rings is 1. The maximum Gasteiger partial charge on any atom is 0.127 e. The summed E-state index contributed by atoms with van der Waals surface area (Å²) in [4.78, 5) is 18.1. The van der Waals surface area contributed by atoms with Crippen molar-refractivity contribution in [2.75, 3.05) is 38.6 Å². The van der Waals surface area contributed by atoms with E-state index in [0.29, 0.717) is 0 Å². The van der Waals surface area contributed by atoms with E-state index in [2.05, 4.69) is 40.2 Å². The van der Waals surface area contributed by atoms with Gasteiger partial charge in [0.1, 0.15) is 16.2 Å². The Morgan fingerprint density at radius 1 is 1.03 bits per heavy atom. The van der Waals surface area contributed by atoms with E-state index in [4.69, 9.17) is 14.7 Å². The van der Waals surface area contributed by atoms with Crippen LogP contribution in [-0.2, 0) is 17.6 Å². The molecule has 0 saturated carbocycles. The normalized spacial score (nSPS) is 16.9. The van der Waals surface area contributed by atoms with Gasteiger partial charge in [-0.1, -0.05) is 30.3 Å². The van der Waals surface area contributed by atoms with Crippen LogP contribution < -0.4 is 0 Å². The van der Waals surface area contributed by atoms with Gasteiger partial charge in [-0.2, -0.15) is 0 Å². The van der Waals surface area contributed by atoms with Gasteiger partial charge in [-0.3, -0.25) is 4.90 Å². The molecule has 6 rings (SSSR count). The molecule has 4 heterocycles. The topological polar surface area (TPSA) is 51.1 Å². The Bertz CT molecular complexity index is 1240. The molecule has 31 heavy (non-hydrogen) atoms. The molecule has 0 N–H and O–H groups in total. The lowest BCUT2D eigenvalue weighted by molar-refractivity contribution is 0.0410. The molecule has 4 aromatic rings. The van der Waals surface area contributed by atoms with E-state index in [9.17, 15) is 0 Å². The molecule has 2 aliphatic rings. The first kappa shape index (κ1) is 19.6. The molecule has 7 heteroatoms. The zero-order valence-corrected chi connectivity index (χ0v) is 19.0. The van der Waals surface area contributed by atoms with Crippen molar-refractivity contribution in [1.82, 2.24) is 19.9 Å². The van der Waals surface area contributed by atoms with Gasteiger partial charge >= 0.3 is 0 Å². The summed E-state index contributed by atoms with van der Waals surface area (Å²) in [5, 5.41) is 2.36. The molecule has 1 fully saturated rings. The predicted octanol–water partition coefficient (Wildman–Crippen LogP) is 4.82. The van der Waals surface area contributed by atoms with E-state index < -0.39 is 0 Å². The van der Waals surface area contributed by atoms with Crippen molar-refractivity contribution in [3.8, 4) is 11.3 Å². The van der Waals surface area contributed by atoms with Crippen molar-refractivity contribution >= 4 is 43.5 Å². The van der Waals surface area contributed by atoms with Crippen LogP contribution in [0.5, 0.6) is 0 Å². The smallest absolute Gasteiger partial charge is 0.127 e. The lowest BCUT2D eigenvalue weighted by Crippen LogP contribution is -2.37. The molecule has 0 unspecified atom stereocenters. The number of rotatable bonds is 5. The summed E-state index contributed by atoms with van der Waals surface area (Å²) in [5.74, 6) is 1.03. The van der Waals surface area contributed by atoms with Crippen LogP contribution >= 0.6 is 23.1 Å². The molecule has 1 aromatic carbocycles. The van der Waals surface area contributed by atoms with Crippen LogP contribution in [0.4, 0.5) is 0 Å². The lowest BCUT2D eigenvalue weighted by Gasteiger charge is -2.26. The molecule has 0 bridgehead atoms. The Balaban J connectivity index is 1.39. The minimum Gasteiger partial charge on any atom is -0.379 e. The number of pyridine rings is 1. The number of aromatic nitrogens is 3. The van der Waals surface area contributed by atoms with Crippen LogP contribution in [0.2, 0.25) is 0 Å². The standard InChI is InChI=1S/C24H24N4OS2/c1-2-5-16(6-3-1)20-18-8-4-7-17(18)19-21-22(31-23(19)27-20)24(26-15-25-21)30-14-11-28-9-12-29-13-10-28/h1-3,5-6,15H,4,7-14H2. The number of thioether (sulfide) groups is 1. The number of hydrogen-bond acceptors (Lipinski definition) is 7. The molecule has 0 amide bonds. The third-order valence-electron chi connectivity index (χ3n) is 6.24. The number of fused-ring (bicyclic) bond motifs is 5.